The van der Waals surface area contributed by atoms with Crippen molar-refractivity contribution in [3.8, 4) is 5.75 Å². The van der Waals surface area contributed by atoms with E-state index < -0.39 is 10.0 Å². The Labute approximate surface area is 83.6 Å². The maximum atomic E-state index is 11.2. The normalized spacial score (nSPS) is 11.3. The monoisotopic (exact) mass is 215 g/mol. The van der Waals surface area contributed by atoms with E-state index in [0.717, 1.165) is 0 Å². The van der Waals surface area contributed by atoms with Gasteiger partial charge in [-0.3, -0.25) is 4.72 Å². The number of sulfonamides is 1. The van der Waals surface area contributed by atoms with Gasteiger partial charge in [0.05, 0.1) is 11.4 Å². The highest BCUT2D eigenvalue weighted by atomic mass is 32.2. The van der Waals surface area contributed by atoms with E-state index in [0.29, 0.717) is 11.3 Å². The molecule has 0 fully saturated rings. The maximum absolute atomic E-state index is 11.2. The standard InChI is InChI=1S/C9H13NO3S/c1-3-14(12,13)10-8-5-4-6-9(11)7(8)2/h4-6,10-11H,3H2,1-2H3. The van der Waals surface area contributed by atoms with Crippen LogP contribution in [-0.2, 0) is 10.0 Å². The van der Waals surface area contributed by atoms with Crippen LogP contribution in [0.15, 0.2) is 18.2 Å². The van der Waals surface area contributed by atoms with Crippen LogP contribution < -0.4 is 4.72 Å². The first-order valence-corrected chi connectivity index (χ1v) is 5.90. The Morgan fingerprint density at radius 3 is 2.64 bits per heavy atom. The SMILES string of the molecule is CCS(=O)(=O)Nc1cccc(O)c1C. The lowest BCUT2D eigenvalue weighted by Crippen LogP contribution is -2.15. The van der Waals surface area contributed by atoms with Crippen molar-refractivity contribution < 1.29 is 13.5 Å². The molecule has 14 heavy (non-hydrogen) atoms. The van der Waals surface area contributed by atoms with Crippen LogP contribution in [0.3, 0.4) is 0 Å². The lowest BCUT2D eigenvalue weighted by Gasteiger charge is -2.09. The number of aromatic hydroxyl groups is 1. The van der Waals surface area contributed by atoms with Gasteiger partial charge in [0.25, 0.3) is 0 Å². The van der Waals surface area contributed by atoms with E-state index >= 15 is 0 Å². The summed E-state index contributed by atoms with van der Waals surface area (Å²) in [5.74, 6) is 0.101. The minimum atomic E-state index is -3.27. The van der Waals surface area contributed by atoms with Crippen LogP contribution in [0.2, 0.25) is 0 Å². The Kier molecular flexibility index (Phi) is 3.00. The molecule has 2 N–H and O–H groups in total. The lowest BCUT2D eigenvalue weighted by molar-refractivity contribution is 0.471. The van der Waals surface area contributed by atoms with Gasteiger partial charge in [0.2, 0.25) is 10.0 Å². The van der Waals surface area contributed by atoms with Crippen molar-refractivity contribution in [3.05, 3.63) is 23.8 Å². The first-order chi connectivity index (χ1) is 6.46. The number of phenols is 1. The first kappa shape index (κ1) is 10.8. The van der Waals surface area contributed by atoms with Crippen LogP contribution in [0, 0.1) is 6.92 Å². The Bertz CT molecular complexity index is 426. The largest absolute Gasteiger partial charge is 0.508 e. The van der Waals surface area contributed by atoms with Crippen LogP contribution in [0.5, 0.6) is 5.75 Å². The highest BCUT2D eigenvalue weighted by Crippen LogP contribution is 2.24. The molecular formula is C9H13NO3S. The molecule has 1 aromatic rings. The van der Waals surface area contributed by atoms with E-state index in [2.05, 4.69) is 4.72 Å². The Morgan fingerprint density at radius 2 is 2.07 bits per heavy atom. The summed E-state index contributed by atoms with van der Waals surface area (Å²) in [5, 5.41) is 9.33. The zero-order valence-electron chi connectivity index (χ0n) is 8.11. The van der Waals surface area contributed by atoms with E-state index in [4.69, 9.17) is 0 Å². The molecule has 0 radical (unpaired) electrons. The summed E-state index contributed by atoms with van der Waals surface area (Å²) < 4.78 is 24.9. The number of anilines is 1. The van der Waals surface area contributed by atoms with Crippen molar-refractivity contribution >= 4 is 15.7 Å². The molecule has 0 amide bonds. The molecular weight excluding hydrogens is 202 g/mol. The summed E-state index contributed by atoms with van der Waals surface area (Å²) in [6.45, 7) is 3.21. The quantitative estimate of drug-likeness (QED) is 0.802. The van der Waals surface area contributed by atoms with Crippen molar-refractivity contribution in [1.82, 2.24) is 0 Å². The van der Waals surface area contributed by atoms with Gasteiger partial charge in [-0.1, -0.05) is 6.07 Å². The third-order valence-electron chi connectivity index (χ3n) is 1.95. The van der Waals surface area contributed by atoms with Crippen LogP contribution >= 0.6 is 0 Å². The number of hydrogen-bond donors (Lipinski definition) is 2. The summed E-state index contributed by atoms with van der Waals surface area (Å²) in [4.78, 5) is 0. The zero-order chi connectivity index (χ0) is 10.8. The van der Waals surface area contributed by atoms with Crippen molar-refractivity contribution in [1.29, 1.82) is 0 Å². The molecule has 0 aliphatic rings. The topological polar surface area (TPSA) is 66.4 Å². The number of rotatable bonds is 3. The smallest absolute Gasteiger partial charge is 0.232 e. The zero-order valence-corrected chi connectivity index (χ0v) is 8.93. The van der Waals surface area contributed by atoms with E-state index in [1.165, 1.54) is 6.07 Å². The average molecular weight is 215 g/mol. The van der Waals surface area contributed by atoms with E-state index in [-0.39, 0.29) is 11.5 Å². The van der Waals surface area contributed by atoms with Gasteiger partial charge in [0, 0.05) is 5.56 Å². The molecule has 0 saturated carbocycles. The maximum Gasteiger partial charge on any atom is 0.232 e. The van der Waals surface area contributed by atoms with Crippen LogP contribution in [-0.4, -0.2) is 19.3 Å². The first-order valence-electron chi connectivity index (χ1n) is 4.25. The number of phenolic OH excluding ortho intramolecular Hbond substituents is 1. The summed E-state index contributed by atoms with van der Waals surface area (Å²) in [6.07, 6.45) is 0. The van der Waals surface area contributed by atoms with Crippen LogP contribution in [0.25, 0.3) is 0 Å². The Morgan fingerprint density at radius 1 is 1.43 bits per heavy atom. The molecule has 0 heterocycles. The second-order valence-corrected chi connectivity index (χ2v) is 4.97. The number of nitrogens with one attached hydrogen (secondary N) is 1. The van der Waals surface area contributed by atoms with Gasteiger partial charge >= 0.3 is 0 Å². The summed E-state index contributed by atoms with van der Waals surface area (Å²) in [5.41, 5.74) is 0.955. The fourth-order valence-electron chi connectivity index (χ4n) is 0.974. The van der Waals surface area contributed by atoms with Gasteiger partial charge in [-0.2, -0.15) is 0 Å². The van der Waals surface area contributed by atoms with Gasteiger partial charge in [0.1, 0.15) is 5.75 Å². The Hall–Kier alpha value is -1.23. The molecule has 1 rings (SSSR count). The van der Waals surface area contributed by atoms with Crippen molar-refractivity contribution in [2.45, 2.75) is 13.8 Å². The summed E-state index contributed by atoms with van der Waals surface area (Å²) >= 11 is 0. The second-order valence-electron chi connectivity index (χ2n) is 2.96. The molecule has 0 aromatic heterocycles. The Balaban J connectivity index is 3.05. The second kappa shape index (κ2) is 3.88. The van der Waals surface area contributed by atoms with Gasteiger partial charge in [-0.05, 0) is 26.0 Å². The van der Waals surface area contributed by atoms with E-state index in [1.807, 2.05) is 0 Å². The molecule has 1 aromatic carbocycles. The summed E-state index contributed by atoms with van der Waals surface area (Å²) in [7, 11) is -3.27. The lowest BCUT2D eigenvalue weighted by atomic mass is 10.2. The van der Waals surface area contributed by atoms with Crippen LogP contribution in [0.4, 0.5) is 5.69 Å². The van der Waals surface area contributed by atoms with Gasteiger partial charge in [-0.15, -0.1) is 0 Å². The predicted octanol–water partition coefficient (Wildman–Crippen LogP) is 1.46. The number of benzene rings is 1. The van der Waals surface area contributed by atoms with Crippen molar-refractivity contribution in [2.75, 3.05) is 10.5 Å². The van der Waals surface area contributed by atoms with Gasteiger partial charge in [0.15, 0.2) is 0 Å². The fraction of sp³-hybridized carbons (Fsp3) is 0.333. The third kappa shape index (κ3) is 2.38. The highest BCUT2D eigenvalue weighted by molar-refractivity contribution is 7.92. The molecule has 0 saturated heterocycles. The van der Waals surface area contributed by atoms with Crippen molar-refractivity contribution in [3.63, 3.8) is 0 Å². The molecule has 0 unspecified atom stereocenters. The highest BCUT2D eigenvalue weighted by Gasteiger charge is 2.09. The fourth-order valence-corrected chi connectivity index (χ4v) is 1.67. The molecule has 78 valence electrons. The molecule has 5 heteroatoms. The minimum absolute atomic E-state index is 0.0160. The van der Waals surface area contributed by atoms with Gasteiger partial charge < -0.3 is 5.11 Å². The minimum Gasteiger partial charge on any atom is -0.508 e. The predicted molar refractivity (Wildman–Crippen MR) is 55.9 cm³/mol. The van der Waals surface area contributed by atoms with Crippen molar-refractivity contribution in [2.24, 2.45) is 0 Å². The molecule has 4 nitrogen and oxygen atoms in total. The van der Waals surface area contributed by atoms with E-state index in [9.17, 15) is 13.5 Å². The van der Waals surface area contributed by atoms with Gasteiger partial charge in [-0.25, -0.2) is 8.42 Å². The van der Waals surface area contributed by atoms with E-state index in [1.54, 1.807) is 26.0 Å². The molecule has 0 spiro atoms. The number of hydrogen-bond acceptors (Lipinski definition) is 3. The molecule has 0 aliphatic heterocycles. The summed E-state index contributed by atoms with van der Waals surface area (Å²) in [6, 6.07) is 4.72. The van der Waals surface area contributed by atoms with Crippen LogP contribution in [0.1, 0.15) is 12.5 Å². The molecule has 0 atom stereocenters. The molecule has 0 bridgehead atoms. The molecule has 0 aliphatic carbocycles. The third-order valence-corrected chi connectivity index (χ3v) is 3.24. The average Bonchev–Trinajstić information content (AvgIpc) is 2.13.